The molecule has 0 saturated heterocycles. The van der Waals surface area contributed by atoms with E-state index < -0.39 is 12.7 Å². The summed E-state index contributed by atoms with van der Waals surface area (Å²) >= 11 is 0. The van der Waals surface area contributed by atoms with Gasteiger partial charge in [-0.25, -0.2) is 0 Å². The highest BCUT2D eigenvalue weighted by molar-refractivity contribution is 5.84. The fourth-order valence-electron chi connectivity index (χ4n) is 1.78. The summed E-state index contributed by atoms with van der Waals surface area (Å²) in [4.78, 5) is 11.8. The number of hydrogen-bond acceptors (Lipinski definition) is 3. The zero-order valence-corrected chi connectivity index (χ0v) is 11.5. The Morgan fingerprint density at radius 3 is 2.70 bits per heavy atom. The van der Waals surface area contributed by atoms with Gasteiger partial charge >= 0.3 is 6.61 Å². The standard InChI is InChI=1S/C14H18F2N2O2/c1-8-3-4-11(7-12(8)20-14(15)16)17-9(2)13(19)18-10-5-6-10/h3-4,7,9-10,14,17H,5-6H2,1-2H3,(H,18,19)/t9-/m1/s1. The Labute approximate surface area is 116 Å². The quantitative estimate of drug-likeness (QED) is 0.844. The maximum absolute atomic E-state index is 12.3. The van der Waals surface area contributed by atoms with Crippen LogP contribution in [0.4, 0.5) is 14.5 Å². The Hall–Kier alpha value is -1.85. The number of amides is 1. The van der Waals surface area contributed by atoms with E-state index in [4.69, 9.17) is 0 Å². The van der Waals surface area contributed by atoms with E-state index in [0.717, 1.165) is 12.8 Å². The van der Waals surface area contributed by atoms with Crippen LogP contribution < -0.4 is 15.4 Å². The molecule has 0 heterocycles. The summed E-state index contributed by atoms with van der Waals surface area (Å²) < 4.78 is 29.0. The van der Waals surface area contributed by atoms with Gasteiger partial charge in [0.25, 0.3) is 0 Å². The van der Waals surface area contributed by atoms with Crippen molar-refractivity contribution in [2.75, 3.05) is 5.32 Å². The predicted molar refractivity (Wildman–Crippen MR) is 72.1 cm³/mol. The molecule has 0 spiro atoms. The van der Waals surface area contributed by atoms with E-state index in [0.29, 0.717) is 17.3 Å². The van der Waals surface area contributed by atoms with Crippen molar-refractivity contribution >= 4 is 11.6 Å². The Morgan fingerprint density at radius 2 is 2.10 bits per heavy atom. The lowest BCUT2D eigenvalue weighted by Crippen LogP contribution is -2.38. The normalized spacial score (nSPS) is 15.8. The van der Waals surface area contributed by atoms with E-state index >= 15 is 0 Å². The summed E-state index contributed by atoms with van der Waals surface area (Å²) in [5.41, 5.74) is 1.19. The van der Waals surface area contributed by atoms with Crippen molar-refractivity contribution in [2.45, 2.75) is 45.4 Å². The summed E-state index contributed by atoms with van der Waals surface area (Å²) in [6.45, 7) is 0.551. The molecule has 2 N–H and O–H groups in total. The molecule has 2 rings (SSSR count). The van der Waals surface area contributed by atoms with Crippen molar-refractivity contribution in [3.05, 3.63) is 23.8 Å². The van der Waals surface area contributed by atoms with E-state index in [1.165, 1.54) is 6.07 Å². The lowest BCUT2D eigenvalue weighted by molar-refractivity contribution is -0.121. The second-order valence-corrected chi connectivity index (χ2v) is 5.01. The van der Waals surface area contributed by atoms with Gasteiger partial charge in [-0.05, 0) is 38.3 Å². The number of hydrogen-bond donors (Lipinski definition) is 2. The molecule has 1 fully saturated rings. The zero-order valence-electron chi connectivity index (χ0n) is 11.5. The SMILES string of the molecule is Cc1ccc(N[C@H](C)C(=O)NC2CC2)cc1OC(F)F. The van der Waals surface area contributed by atoms with Crippen molar-refractivity contribution < 1.29 is 18.3 Å². The molecule has 20 heavy (non-hydrogen) atoms. The van der Waals surface area contributed by atoms with Crippen molar-refractivity contribution in [1.29, 1.82) is 0 Å². The molecule has 0 radical (unpaired) electrons. The van der Waals surface area contributed by atoms with Crippen LogP contribution in [0, 0.1) is 6.92 Å². The number of rotatable bonds is 6. The van der Waals surface area contributed by atoms with Crippen LogP contribution in [0.3, 0.4) is 0 Å². The molecule has 1 aliphatic rings. The highest BCUT2D eigenvalue weighted by atomic mass is 19.3. The molecule has 4 nitrogen and oxygen atoms in total. The predicted octanol–water partition coefficient (Wildman–Crippen LogP) is 2.68. The van der Waals surface area contributed by atoms with Gasteiger partial charge in [0.2, 0.25) is 5.91 Å². The maximum atomic E-state index is 12.3. The van der Waals surface area contributed by atoms with Gasteiger partial charge in [0.1, 0.15) is 11.8 Å². The van der Waals surface area contributed by atoms with Gasteiger partial charge in [0.05, 0.1) is 0 Å². The molecule has 110 valence electrons. The van der Waals surface area contributed by atoms with Crippen LogP contribution in [0.2, 0.25) is 0 Å². The number of benzene rings is 1. The molecule has 1 atom stereocenters. The highest BCUT2D eigenvalue weighted by Gasteiger charge is 2.25. The van der Waals surface area contributed by atoms with Crippen LogP contribution in [0.5, 0.6) is 5.75 Å². The minimum Gasteiger partial charge on any atom is -0.434 e. The molecule has 1 aromatic carbocycles. The monoisotopic (exact) mass is 284 g/mol. The van der Waals surface area contributed by atoms with Crippen molar-refractivity contribution in [3.8, 4) is 5.75 Å². The Morgan fingerprint density at radius 1 is 1.40 bits per heavy atom. The fraction of sp³-hybridized carbons (Fsp3) is 0.500. The molecule has 1 saturated carbocycles. The van der Waals surface area contributed by atoms with Gasteiger partial charge in [-0.2, -0.15) is 8.78 Å². The summed E-state index contributed by atoms with van der Waals surface area (Å²) in [7, 11) is 0. The summed E-state index contributed by atoms with van der Waals surface area (Å²) in [6.07, 6.45) is 2.05. The Balaban J connectivity index is 1.98. The average molecular weight is 284 g/mol. The van der Waals surface area contributed by atoms with Crippen LogP contribution in [0.25, 0.3) is 0 Å². The van der Waals surface area contributed by atoms with E-state index in [2.05, 4.69) is 15.4 Å². The first kappa shape index (κ1) is 14.6. The summed E-state index contributed by atoms with van der Waals surface area (Å²) in [5, 5.41) is 5.86. The van der Waals surface area contributed by atoms with Crippen molar-refractivity contribution in [1.82, 2.24) is 5.32 Å². The van der Waals surface area contributed by atoms with Crippen LogP contribution >= 0.6 is 0 Å². The van der Waals surface area contributed by atoms with E-state index in [-0.39, 0.29) is 11.7 Å². The molecule has 0 aliphatic heterocycles. The number of halogens is 2. The summed E-state index contributed by atoms with van der Waals surface area (Å²) in [6, 6.07) is 4.74. The number of ether oxygens (including phenoxy) is 1. The van der Waals surface area contributed by atoms with Crippen LogP contribution in [0.15, 0.2) is 18.2 Å². The zero-order chi connectivity index (χ0) is 14.7. The molecule has 1 aliphatic carbocycles. The topological polar surface area (TPSA) is 50.4 Å². The molecule has 0 bridgehead atoms. The Bertz CT molecular complexity index is 490. The number of carbonyl (C=O) groups excluding carboxylic acids is 1. The van der Waals surface area contributed by atoms with Gasteiger partial charge in [-0.15, -0.1) is 0 Å². The highest BCUT2D eigenvalue weighted by Crippen LogP contribution is 2.25. The molecular weight excluding hydrogens is 266 g/mol. The van der Waals surface area contributed by atoms with Gasteiger partial charge < -0.3 is 15.4 Å². The third kappa shape index (κ3) is 4.08. The fourth-order valence-corrected chi connectivity index (χ4v) is 1.78. The molecule has 0 aromatic heterocycles. The Kier molecular flexibility index (Phi) is 4.42. The van der Waals surface area contributed by atoms with Gasteiger partial charge in [-0.3, -0.25) is 4.79 Å². The van der Waals surface area contributed by atoms with E-state index in [1.807, 2.05) is 0 Å². The van der Waals surface area contributed by atoms with Crippen molar-refractivity contribution in [3.63, 3.8) is 0 Å². The lowest BCUT2D eigenvalue weighted by Gasteiger charge is -2.16. The molecule has 1 amide bonds. The van der Waals surface area contributed by atoms with Gasteiger partial charge in [-0.1, -0.05) is 6.07 Å². The first-order chi connectivity index (χ1) is 9.45. The van der Waals surface area contributed by atoms with E-state index in [1.54, 1.807) is 26.0 Å². The molecule has 1 aromatic rings. The first-order valence-electron chi connectivity index (χ1n) is 6.58. The first-order valence-corrected chi connectivity index (χ1v) is 6.58. The van der Waals surface area contributed by atoms with Crippen LogP contribution in [-0.4, -0.2) is 24.6 Å². The van der Waals surface area contributed by atoms with Crippen LogP contribution in [-0.2, 0) is 4.79 Å². The lowest BCUT2D eigenvalue weighted by atomic mass is 10.2. The smallest absolute Gasteiger partial charge is 0.387 e. The third-order valence-corrected chi connectivity index (χ3v) is 3.10. The van der Waals surface area contributed by atoms with E-state index in [9.17, 15) is 13.6 Å². The number of nitrogens with one attached hydrogen (secondary N) is 2. The number of anilines is 1. The second kappa shape index (κ2) is 6.07. The van der Waals surface area contributed by atoms with Gasteiger partial charge in [0.15, 0.2) is 0 Å². The minimum atomic E-state index is -2.86. The largest absolute Gasteiger partial charge is 0.434 e. The van der Waals surface area contributed by atoms with Crippen molar-refractivity contribution in [2.24, 2.45) is 0 Å². The minimum absolute atomic E-state index is 0.0931. The second-order valence-electron chi connectivity index (χ2n) is 5.01. The number of carbonyl (C=O) groups is 1. The average Bonchev–Trinajstić information content (AvgIpc) is 3.16. The third-order valence-electron chi connectivity index (χ3n) is 3.10. The van der Waals surface area contributed by atoms with Gasteiger partial charge in [0, 0.05) is 17.8 Å². The number of alkyl halides is 2. The maximum Gasteiger partial charge on any atom is 0.387 e. The number of aryl methyl sites for hydroxylation is 1. The molecule has 0 unspecified atom stereocenters. The molecular formula is C14H18F2N2O2. The summed E-state index contributed by atoms with van der Waals surface area (Å²) in [5.74, 6) is 0.0178. The molecule has 6 heteroatoms. The van der Waals surface area contributed by atoms with Crippen LogP contribution in [0.1, 0.15) is 25.3 Å².